The minimum atomic E-state index is 0. The van der Waals surface area contributed by atoms with Crippen LogP contribution in [0.4, 0.5) is 0 Å². The number of nitrogens with two attached hydrogens (primary N) is 1. The molecule has 0 bridgehead atoms. The normalized spacial score (nSPS) is 30.9. The SMILES string of the molecule is CC1(C)CCNCC1N.Cl. The zero-order chi connectivity index (χ0) is 6.91. The summed E-state index contributed by atoms with van der Waals surface area (Å²) in [5.41, 5.74) is 6.20. The molecule has 0 aliphatic carbocycles. The maximum absolute atomic E-state index is 5.85. The first-order valence-electron chi connectivity index (χ1n) is 3.59. The highest BCUT2D eigenvalue weighted by Gasteiger charge is 2.28. The lowest BCUT2D eigenvalue weighted by Gasteiger charge is -2.36. The van der Waals surface area contributed by atoms with Gasteiger partial charge >= 0.3 is 0 Å². The fourth-order valence-corrected chi connectivity index (χ4v) is 1.13. The summed E-state index contributed by atoms with van der Waals surface area (Å²) in [6.45, 7) is 6.57. The molecule has 1 aliphatic heterocycles. The van der Waals surface area contributed by atoms with Gasteiger partial charge in [0.2, 0.25) is 0 Å². The predicted octanol–water partition coefficient (Wildman–Crippen LogP) is 0.755. The van der Waals surface area contributed by atoms with E-state index in [1.165, 1.54) is 6.42 Å². The minimum absolute atomic E-state index is 0. The molecule has 0 spiro atoms. The van der Waals surface area contributed by atoms with E-state index in [2.05, 4.69) is 19.2 Å². The van der Waals surface area contributed by atoms with Gasteiger partial charge in [0.05, 0.1) is 0 Å². The largest absolute Gasteiger partial charge is 0.326 e. The Morgan fingerprint density at radius 3 is 2.40 bits per heavy atom. The van der Waals surface area contributed by atoms with Crippen molar-refractivity contribution < 1.29 is 0 Å². The Balaban J connectivity index is 0.000000810. The summed E-state index contributed by atoms with van der Waals surface area (Å²) in [5, 5.41) is 3.27. The van der Waals surface area contributed by atoms with E-state index in [1.807, 2.05) is 0 Å². The van der Waals surface area contributed by atoms with Gasteiger partial charge in [0.15, 0.2) is 0 Å². The van der Waals surface area contributed by atoms with Crippen LogP contribution in [0.15, 0.2) is 0 Å². The molecular formula is C7H17ClN2. The fourth-order valence-electron chi connectivity index (χ4n) is 1.13. The monoisotopic (exact) mass is 164 g/mol. The standard InChI is InChI=1S/C7H16N2.ClH/c1-7(2)3-4-9-5-6(7)8;/h6,9H,3-5,8H2,1-2H3;1H. The number of rotatable bonds is 0. The van der Waals surface area contributed by atoms with Gasteiger partial charge in [-0.05, 0) is 18.4 Å². The molecule has 1 fully saturated rings. The van der Waals surface area contributed by atoms with Crippen LogP contribution in [0.1, 0.15) is 20.3 Å². The molecule has 2 nitrogen and oxygen atoms in total. The second-order valence-electron chi connectivity index (χ2n) is 3.55. The average Bonchev–Trinajstić information content (AvgIpc) is 1.77. The minimum Gasteiger partial charge on any atom is -0.326 e. The van der Waals surface area contributed by atoms with Crippen LogP contribution < -0.4 is 11.1 Å². The zero-order valence-corrected chi connectivity index (χ0v) is 7.50. The van der Waals surface area contributed by atoms with E-state index in [1.54, 1.807) is 0 Å². The van der Waals surface area contributed by atoms with E-state index >= 15 is 0 Å². The summed E-state index contributed by atoms with van der Waals surface area (Å²) in [6, 6.07) is 0.339. The molecule has 3 N–H and O–H groups in total. The maximum Gasteiger partial charge on any atom is 0.0217 e. The van der Waals surface area contributed by atoms with E-state index in [-0.39, 0.29) is 12.4 Å². The predicted molar refractivity (Wildman–Crippen MR) is 46.5 cm³/mol. The Labute approximate surface area is 69.0 Å². The number of halogens is 1. The van der Waals surface area contributed by atoms with E-state index in [9.17, 15) is 0 Å². The van der Waals surface area contributed by atoms with Crippen LogP contribution in [-0.4, -0.2) is 19.1 Å². The van der Waals surface area contributed by atoms with Crippen molar-refractivity contribution in [1.82, 2.24) is 5.32 Å². The van der Waals surface area contributed by atoms with Crippen molar-refractivity contribution in [3.63, 3.8) is 0 Å². The highest BCUT2D eigenvalue weighted by molar-refractivity contribution is 5.85. The van der Waals surface area contributed by atoms with Crippen molar-refractivity contribution in [3.05, 3.63) is 0 Å². The smallest absolute Gasteiger partial charge is 0.0217 e. The summed E-state index contributed by atoms with van der Waals surface area (Å²) < 4.78 is 0. The van der Waals surface area contributed by atoms with Gasteiger partial charge in [-0.15, -0.1) is 12.4 Å². The molecule has 10 heavy (non-hydrogen) atoms. The molecule has 0 aromatic carbocycles. The average molecular weight is 165 g/mol. The molecule has 1 atom stereocenters. The molecule has 0 saturated carbocycles. The van der Waals surface area contributed by atoms with Gasteiger partial charge in [-0.3, -0.25) is 0 Å². The zero-order valence-electron chi connectivity index (χ0n) is 6.68. The van der Waals surface area contributed by atoms with Crippen molar-refractivity contribution in [3.8, 4) is 0 Å². The first kappa shape index (κ1) is 10.2. The van der Waals surface area contributed by atoms with Crippen molar-refractivity contribution in [1.29, 1.82) is 0 Å². The quantitative estimate of drug-likeness (QED) is 0.555. The number of hydrogen-bond acceptors (Lipinski definition) is 2. The first-order valence-corrected chi connectivity index (χ1v) is 3.59. The van der Waals surface area contributed by atoms with Gasteiger partial charge in [0, 0.05) is 12.6 Å². The van der Waals surface area contributed by atoms with Gasteiger partial charge in [0.25, 0.3) is 0 Å². The Bertz CT molecular complexity index is 104. The molecule has 3 heteroatoms. The van der Waals surface area contributed by atoms with Crippen LogP contribution in [-0.2, 0) is 0 Å². The fraction of sp³-hybridized carbons (Fsp3) is 1.00. The van der Waals surface area contributed by atoms with Gasteiger partial charge in [-0.1, -0.05) is 13.8 Å². The van der Waals surface area contributed by atoms with Crippen LogP contribution in [0.25, 0.3) is 0 Å². The molecule has 1 unspecified atom stereocenters. The lowest BCUT2D eigenvalue weighted by atomic mass is 9.79. The van der Waals surface area contributed by atoms with Crippen LogP contribution in [0, 0.1) is 5.41 Å². The summed E-state index contributed by atoms with van der Waals surface area (Å²) in [7, 11) is 0. The lowest BCUT2D eigenvalue weighted by Crippen LogP contribution is -2.50. The summed E-state index contributed by atoms with van der Waals surface area (Å²) in [5.74, 6) is 0. The second-order valence-corrected chi connectivity index (χ2v) is 3.55. The van der Waals surface area contributed by atoms with E-state index in [0.717, 1.165) is 13.1 Å². The first-order chi connectivity index (χ1) is 4.13. The Kier molecular flexibility index (Phi) is 3.63. The highest BCUT2D eigenvalue weighted by Crippen LogP contribution is 2.25. The lowest BCUT2D eigenvalue weighted by molar-refractivity contribution is 0.217. The topological polar surface area (TPSA) is 38.0 Å². The van der Waals surface area contributed by atoms with Gasteiger partial charge in [-0.2, -0.15) is 0 Å². The summed E-state index contributed by atoms with van der Waals surface area (Å²) in [4.78, 5) is 0. The van der Waals surface area contributed by atoms with Crippen LogP contribution >= 0.6 is 12.4 Å². The third-order valence-corrected chi connectivity index (χ3v) is 2.31. The highest BCUT2D eigenvalue weighted by atomic mass is 35.5. The van der Waals surface area contributed by atoms with E-state index in [4.69, 9.17) is 5.73 Å². The molecule has 1 aliphatic rings. The Morgan fingerprint density at radius 1 is 1.50 bits per heavy atom. The van der Waals surface area contributed by atoms with Crippen molar-refractivity contribution in [2.45, 2.75) is 26.3 Å². The molecule has 0 aromatic rings. The molecule has 0 radical (unpaired) electrons. The van der Waals surface area contributed by atoms with E-state index in [0.29, 0.717) is 11.5 Å². The third kappa shape index (κ3) is 2.11. The third-order valence-electron chi connectivity index (χ3n) is 2.31. The maximum atomic E-state index is 5.85. The molecule has 0 amide bonds. The van der Waals surface area contributed by atoms with Crippen LogP contribution in [0.3, 0.4) is 0 Å². The second kappa shape index (κ2) is 3.56. The van der Waals surface area contributed by atoms with Crippen molar-refractivity contribution >= 4 is 12.4 Å². The number of hydrogen-bond donors (Lipinski definition) is 2. The van der Waals surface area contributed by atoms with Crippen molar-refractivity contribution in [2.24, 2.45) is 11.1 Å². The number of nitrogens with one attached hydrogen (secondary N) is 1. The van der Waals surface area contributed by atoms with Crippen LogP contribution in [0.5, 0.6) is 0 Å². The summed E-state index contributed by atoms with van der Waals surface area (Å²) in [6.07, 6.45) is 1.20. The molecule has 0 aromatic heterocycles. The van der Waals surface area contributed by atoms with Gasteiger partial charge in [0.1, 0.15) is 0 Å². The van der Waals surface area contributed by atoms with Crippen LogP contribution in [0.2, 0.25) is 0 Å². The molecular weight excluding hydrogens is 148 g/mol. The molecule has 1 saturated heterocycles. The molecule has 1 rings (SSSR count). The van der Waals surface area contributed by atoms with Crippen molar-refractivity contribution in [2.75, 3.05) is 13.1 Å². The Morgan fingerprint density at radius 2 is 2.10 bits per heavy atom. The van der Waals surface area contributed by atoms with Gasteiger partial charge < -0.3 is 11.1 Å². The summed E-state index contributed by atoms with van der Waals surface area (Å²) >= 11 is 0. The number of piperidine rings is 1. The van der Waals surface area contributed by atoms with E-state index < -0.39 is 0 Å². The molecule has 62 valence electrons. The molecule has 1 heterocycles. The van der Waals surface area contributed by atoms with Gasteiger partial charge in [-0.25, -0.2) is 0 Å². The Hall–Kier alpha value is 0.210.